The fraction of sp³-hybridized carbons (Fsp3) is 0.500. The van der Waals surface area contributed by atoms with Crippen LogP contribution in [0.25, 0.3) is 0 Å². The van der Waals surface area contributed by atoms with Crippen molar-refractivity contribution in [2.75, 3.05) is 27.8 Å². The van der Waals surface area contributed by atoms with E-state index in [0.717, 1.165) is 18.6 Å². The molecule has 0 fully saturated rings. The van der Waals surface area contributed by atoms with Crippen LogP contribution in [0.2, 0.25) is 0 Å². The number of nitrogens with zero attached hydrogens (tertiary/aromatic N) is 1. The quantitative estimate of drug-likeness (QED) is 0.807. The zero-order valence-corrected chi connectivity index (χ0v) is 11.5. The summed E-state index contributed by atoms with van der Waals surface area (Å²) in [7, 11) is 4.80. The second kappa shape index (κ2) is 6.89. The molecule has 1 rings (SSSR count). The molecule has 0 saturated carbocycles. The Hall–Kier alpha value is -1.71. The number of rotatable bonds is 5. The third-order valence-electron chi connectivity index (χ3n) is 2.95. The van der Waals surface area contributed by atoms with Crippen LogP contribution in [0, 0.1) is 0 Å². The van der Waals surface area contributed by atoms with Crippen LogP contribution >= 0.6 is 0 Å². The smallest absolute Gasteiger partial charge is 0.409 e. The molecular weight excluding hydrogens is 230 g/mol. The third kappa shape index (κ3) is 3.65. The summed E-state index contributed by atoms with van der Waals surface area (Å²) in [6.07, 6.45) is 1.44. The predicted molar refractivity (Wildman–Crippen MR) is 71.1 cm³/mol. The molecule has 4 heteroatoms. The molecule has 0 saturated heterocycles. The Morgan fingerprint density at radius 1 is 1.33 bits per heavy atom. The average Bonchev–Trinajstić information content (AvgIpc) is 2.43. The van der Waals surface area contributed by atoms with Gasteiger partial charge in [-0.15, -0.1) is 0 Å². The van der Waals surface area contributed by atoms with Crippen LogP contribution in [-0.4, -0.2) is 38.8 Å². The van der Waals surface area contributed by atoms with Crippen molar-refractivity contribution in [3.8, 4) is 5.75 Å². The molecule has 0 radical (unpaired) electrons. The number of carbonyl (C=O) groups is 1. The number of carbonyl (C=O) groups excluding carboxylic acids is 1. The fourth-order valence-corrected chi connectivity index (χ4v) is 1.81. The highest BCUT2D eigenvalue weighted by Gasteiger charge is 2.08. The molecule has 0 atom stereocenters. The summed E-state index contributed by atoms with van der Waals surface area (Å²) < 4.78 is 9.94. The lowest BCUT2D eigenvalue weighted by atomic mass is 10.1. The highest BCUT2D eigenvalue weighted by atomic mass is 16.5. The summed E-state index contributed by atoms with van der Waals surface area (Å²) in [5.74, 6) is 0.919. The van der Waals surface area contributed by atoms with E-state index in [0.29, 0.717) is 6.54 Å². The molecule has 0 aromatic heterocycles. The zero-order chi connectivity index (χ0) is 13.5. The van der Waals surface area contributed by atoms with Gasteiger partial charge in [-0.25, -0.2) is 4.79 Å². The maximum Gasteiger partial charge on any atom is 0.409 e. The van der Waals surface area contributed by atoms with Crippen LogP contribution in [0.1, 0.15) is 18.1 Å². The van der Waals surface area contributed by atoms with Crippen LogP contribution in [0.3, 0.4) is 0 Å². The van der Waals surface area contributed by atoms with Crippen LogP contribution < -0.4 is 4.74 Å². The van der Waals surface area contributed by atoms with E-state index in [-0.39, 0.29) is 6.09 Å². The summed E-state index contributed by atoms with van der Waals surface area (Å²) in [5.41, 5.74) is 2.39. The van der Waals surface area contributed by atoms with E-state index >= 15 is 0 Å². The summed E-state index contributed by atoms with van der Waals surface area (Å²) in [4.78, 5) is 12.8. The molecule has 1 amide bonds. The van der Waals surface area contributed by atoms with E-state index in [1.165, 1.54) is 18.2 Å². The molecule has 0 aliphatic rings. The molecule has 100 valence electrons. The van der Waals surface area contributed by atoms with E-state index in [1.807, 2.05) is 12.1 Å². The van der Waals surface area contributed by atoms with Gasteiger partial charge in [-0.1, -0.05) is 19.1 Å². The lowest BCUT2D eigenvalue weighted by Crippen LogP contribution is -2.28. The molecule has 0 spiro atoms. The number of aryl methyl sites for hydroxylation is 1. The van der Waals surface area contributed by atoms with Gasteiger partial charge in [-0.3, -0.25) is 0 Å². The van der Waals surface area contributed by atoms with Gasteiger partial charge in [0.25, 0.3) is 0 Å². The van der Waals surface area contributed by atoms with Crippen molar-refractivity contribution in [3.63, 3.8) is 0 Å². The SMILES string of the molecule is CCc1cc(CCN(C)C(=O)OC)ccc1OC. The first kappa shape index (κ1) is 14.4. The first-order chi connectivity index (χ1) is 8.62. The molecule has 1 aromatic carbocycles. The molecule has 0 N–H and O–H groups in total. The minimum Gasteiger partial charge on any atom is -0.496 e. The summed E-state index contributed by atoms with van der Waals surface area (Å²) in [6.45, 7) is 2.74. The Morgan fingerprint density at radius 3 is 2.61 bits per heavy atom. The van der Waals surface area contributed by atoms with Crippen molar-refractivity contribution in [1.82, 2.24) is 4.90 Å². The van der Waals surface area contributed by atoms with Gasteiger partial charge in [0.05, 0.1) is 14.2 Å². The van der Waals surface area contributed by atoms with Crippen LogP contribution in [-0.2, 0) is 17.6 Å². The molecule has 18 heavy (non-hydrogen) atoms. The predicted octanol–water partition coefficient (Wildman–Crippen LogP) is 2.50. The monoisotopic (exact) mass is 251 g/mol. The highest BCUT2D eigenvalue weighted by Crippen LogP contribution is 2.20. The lowest BCUT2D eigenvalue weighted by Gasteiger charge is -2.16. The second-order valence-electron chi connectivity index (χ2n) is 4.14. The number of ether oxygens (including phenoxy) is 2. The van der Waals surface area contributed by atoms with E-state index in [1.54, 1.807) is 19.1 Å². The molecule has 0 heterocycles. The summed E-state index contributed by atoms with van der Waals surface area (Å²) in [6, 6.07) is 6.14. The largest absolute Gasteiger partial charge is 0.496 e. The van der Waals surface area contributed by atoms with Crippen molar-refractivity contribution in [2.24, 2.45) is 0 Å². The van der Waals surface area contributed by atoms with Crippen LogP contribution in [0.4, 0.5) is 4.79 Å². The van der Waals surface area contributed by atoms with Gasteiger partial charge in [0.1, 0.15) is 5.75 Å². The van der Waals surface area contributed by atoms with Gasteiger partial charge in [0.2, 0.25) is 0 Å². The molecule has 0 aliphatic heterocycles. The van der Waals surface area contributed by atoms with Crippen molar-refractivity contribution in [1.29, 1.82) is 0 Å². The normalized spacial score (nSPS) is 10.0. The van der Waals surface area contributed by atoms with Crippen molar-refractivity contribution in [3.05, 3.63) is 29.3 Å². The number of methoxy groups -OCH3 is 2. The molecule has 1 aromatic rings. The van der Waals surface area contributed by atoms with Crippen molar-refractivity contribution < 1.29 is 14.3 Å². The lowest BCUT2D eigenvalue weighted by molar-refractivity contribution is 0.134. The number of hydrogen-bond acceptors (Lipinski definition) is 3. The highest BCUT2D eigenvalue weighted by molar-refractivity contribution is 5.66. The summed E-state index contributed by atoms with van der Waals surface area (Å²) in [5, 5.41) is 0. The molecule has 4 nitrogen and oxygen atoms in total. The van der Waals surface area contributed by atoms with Gasteiger partial charge < -0.3 is 14.4 Å². The van der Waals surface area contributed by atoms with Gasteiger partial charge in [0.15, 0.2) is 0 Å². The first-order valence-corrected chi connectivity index (χ1v) is 6.07. The minimum atomic E-state index is -0.306. The third-order valence-corrected chi connectivity index (χ3v) is 2.95. The molecular formula is C14H21NO3. The average molecular weight is 251 g/mol. The number of benzene rings is 1. The molecule has 0 bridgehead atoms. The van der Waals surface area contributed by atoms with Crippen LogP contribution in [0.5, 0.6) is 5.75 Å². The first-order valence-electron chi connectivity index (χ1n) is 6.07. The van der Waals surface area contributed by atoms with E-state index in [2.05, 4.69) is 17.7 Å². The summed E-state index contributed by atoms with van der Waals surface area (Å²) >= 11 is 0. The topological polar surface area (TPSA) is 38.8 Å². The maximum atomic E-state index is 11.2. The van der Waals surface area contributed by atoms with E-state index in [9.17, 15) is 4.79 Å². The molecule has 0 aliphatic carbocycles. The maximum absolute atomic E-state index is 11.2. The Morgan fingerprint density at radius 2 is 2.06 bits per heavy atom. The van der Waals surface area contributed by atoms with E-state index in [4.69, 9.17) is 4.74 Å². The van der Waals surface area contributed by atoms with Crippen molar-refractivity contribution in [2.45, 2.75) is 19.8 Å². The standard InChI is InChI=1S/C14H21NO3/c1-5-12-10-11(6-7-13(12)17-3)8-9-15(2)14(16)18-4/h6-7,10H,5,8-9H2,1-4H3. The Kier molecular flexibility index (Phi) is 5.49. The van der Waals surface area contributed by atoms with Crippen LogP contribution in [0.15, 0.2) is 18.2 Å². The number of hydrogen-bond donors (Lipinski definition) is 0. The molecule has 0 unspecified atom stereocenters. The van der Waals surface area contributed by atoms with Gasteiger partial charge in [0, 0.05) is 13.6 Å². The van der Waals surface area contributed by atoms with Gasteiger partial charge >= 0.3 is 6.09 Å². The fourth-order valence-electron chi connectivity index (χ4n) is 1.81. The Bertz CT molecular complexity index is 404. The van der Waals surface area contributed by atoms with Gasteiger partial charge in [-0.2, -0.15) is 0 Å². The second-order valence-corrected chi connectivity index (χ2v) is 4.14. The number of amides is 1. The number of likely N-dealkylation sites (N-methyl/N-ethyl adjacent to an activating group) is 1. The van der Waals surface area contributed by atoms with Crippen molar-refractivity contribution >= 4 is 6.09 Å². The van der Waals surface area contributed by atoms with Gasteiger partial charge in [-0.05, 0) is 30.0 Å². The Labute approximate surface area is 108 Å². The minimum absolute atomic E-state index is 0.306. The van der Waals surface area contributed by atoms with E-state index < -0.39 is 0 Å². The zero-order valence-electron chi connectivity index (χ0n) is 11.5. The Balaban J connectivity index is 2.65.